The predicted octanol–water partition coefficient (Wildman–Crippen LogP) is 1.39. The molecule has 2 aromatic rings. The van der Waals surface area contributed by atoms with Crippen molar-refractivity contribution in [2.45, 2.75) is 0 Å². The Morgan fingerprint density at radius 3 is 2.88 bits per heavy atom. The number of carbonyl (C=O) groups excluding carboxylic acids is 1. The molecule has 6 heteroatoms. The first kappa shape index (κ1) is 11.1. The molecule has 0 bridgehead atoms. The Morgan fingerprint density at radius 1 is 1.53 bits per heavy atom. The number of nitrogens with zero attached hydrogens (tertiary/aromatic N) is 2. The van der Waals surface area contributed by atoms with Gasteiger partial charge in [-0.15, -0.1) is 0 Å². The first-order valence-corrected chi connectivity index (χ1v) is 4.90. The lowest BCUT2D eigenvalue weighted by Crippen LogP contribution is -2.15. The van der Waals surface area contributed by atoms with Crippen molar-refractivity contribution in [3.63, 3.8) is 0 Å². The molecular weight excluding hydrogens is 223 g/mol. The summed E-state index contributed by atoms with van der Waals surface area (Å²) in [6.07, 6.45) is 2.97. The summed E-state index contributed by atoms with van der Waals surface area (Å²) in [4.78, 5) is 15.6. The number of rotatable bonds is 2. The van der Waals surface area contributed by atoms with Crippen molar-refractivity contribution in [1.29, 1.82) is 0 Å². The SMILES string of the molecule is Cn1cncc1C(=O)Nc1ccc(F)c(N)c1. The zero-order chi connectivity index (χ0) is 12.4. The normalized spacial score (nSPS) is 10.2. The molecule has 0 aliphatic rings. The van der Waals surface area contributed by atoms with Gasteiger partial charge in [-0.3, -0.25) is 4.79 Å². The van der Waals surface area contributed by atoms with Crippen molar-refractivity contribution in [1.82, 2.24) is 9.55 Å². The summed E-state index contributed by atoms with van der Waals surface area (Å²) in [5.41, 5.74) is 6.24. The van der Waals surface area contributed by atoms with E-state index in [0.717, 1.165) is 0 Å². The van der Waals surface area contributed by atoms with E-state index in [1.54, 1.807) is 11.6 Å². The van der Waals surface area contributed by atoms with Crippen molar-refractivity contribution in [3.05, 3.63) is 42.2 Å². The lowest BCUT2D eigenvalue weighted by atomic mass is 10.2. The van der Waals surface area contributed by atoms with Crippen LogP contribution in [0.4, 0.5) is 15.8 Å². The fourth-order valence-corrected chi connectivity index (χ4v) is 1.39. The van der Waals surface area contributed by atoms with Gasteiger partial charge in [0.15, 0.2) is 0 Å². The van der Waals surface area contributed by atoms with Crippen LogP contribution in [0, 0.1) is 5.82 Å². The van der Waals surface area contributed by atoms with E-state index in [-0.39, 0.29) is 11.6 Å². The van der Waals surface area contributed by atoms with E-state index in [1.165, 1.54) is 30.7 Å². The van der Waals surface area contributed by atoms with Gasteiger partial charge in [-0.25, -0.2) is 9.37 Å². The number of hydrogen-bond acceptors (Lipinski definition) is 3. The van der Waals surface area contributed by atoms with Crippen molar-refractivity contribution >= 4 is 17.3 Å². The minimum atomic E-state index is -0.511. The molecule has 1 amide bonds. The number of imidazole rings is 1. The van der Waals surface area contributed by atoms with Crippen LogP contribution in [0.2, 0.25) is 0 Å². The number of nitrogen functional groups attached to an aromatic ring is 1. The fraction of sp³-hybridized carbons (Fsp3) is 0.0909. The molecule has 0 atom stereocenters. The lowest BCUT2D eigenvalue weighted by molar-refractivity contribution is 0.101. The number of halogens is 1. The van der Waals surface area contributed by atoms with Crippen LogP contribution < -0.4 is 11.1 Å². The third-order valence-electron chi connectivity index (χ3n) is 2.30. The number of aryl methyl sites for hydroxylation is 1. The van der Waals surface area contributed by atoms with Gasteiger partial charge < -0.3 is 15.6 Å². The Hall–Kier alpha value is -2.37. The molecule has 0 unspecified atom stereocenters. The molecule has 17 heavy (non-hydrogen) atoms. The maximum Gasteiger partial charge on any atom is 0.273 e. The summed E-state index contributed by atoms with van der Waals surface area (Å²) in [7, 11) is 1.71. The average Bonchev–Trinajstić information content (AvgIpc) is 2.70. The summed E-state index contributed by atoms with van der Waals surface area (Å²) >= 11 is 0. The molecule has 0 radical (unpaired) electrons. The zero-order valence-electron chi connectivity index (χ0n) is 9.14. The first-order valence-electron chi connectivity index (χ1n) is 4.90. The Kier molecular flexibility index (Phi) is 2.78. The van der Waals surface area contributed by atoms with E-state index in [0.29, 0.717) is 11.4 Å². The number of nitrogens with two attached hydrogens (primary N) is 1. The van der Waals surface area contributed by atoms with Crippen molar-refractivity contribution in [2.24, 2.45) is 7.05 Å². The second kappa shape index (κ2) is 4.25. The number of amides is 1. The topological polar surface area (TPSA) is 72.9 Å². The number of hydrogen-bond donors (Lipinski definition) is 2. The van der Waals surface area contributed by atoms with Gasteiger partial charge in [0.05, 0.1) is 18.2 Å². The number of aromatic nitrogens is 2. The lowest BCUT2D eigenvalue weighted by Gasteiger charge is -2.06. The third kappa shape index (κ3) is 2.25. The molecule has 0 fully saturated rings. The molecule has 1 aromatic carbocycles. The van der Waals surface area contributed by atoms with E-state index in [9.17, 15) is 9.18 Å². The van der Waals surface area contributed by atoms with E-state index in [2.05, 4.69) is 10.3 Å². The van der Waals surface area contributed by atoms with Crippen LogP contribution in [0.15, 0.2) is 30.7 Å². The number of benzene rings is 1. The first-order chi connectivity index (χ1) is 8.08. The molecule has 2 rings (SSSR count). The molecule has 3 N–H and O–H groups in total. The van der Waals surface area contributed by atoms with Gasteiger partial charge in [0.2, 0.25) is 0 Å². The van der Waals surface area contributed by atoms with E-state index in [1.807, 2.05) is 0 Å². The molecule has 0 saturated carbocycles. The highest BCUT2D eigenvalue weighted by Gasteiger charge is 2.10. The smallest absolute Gasteiger partial charge is 0.273 e. The largest absolute Gasteiger partial charge is 0.396 e. The van der Waals surface area contributed by atoms with Gasteiger partial charge in [0.1, 0.15) is 11.5 Å². The van der Waals surface area contributed by atoms with Crippen LogP contribution >= 0.6 is 0 Å². The minimum absolute atomic E-state index is 0.00666. The summed E-state index contributed by atoms with van der Waals surface area (Å²) < 4.78 is 14.5. The zero-order valence-corrected chi connectivity index (χ0v) is 9.14. The molecule has 1 aromatic heterocycles. The summed E-state index contributed by atoms with van der Waals surface area (Å²) in [6, 6.07) is 4.01. The highest BCUT2D eigenvalue weighted by atomic mass is 19.1. The molecule has 5 nitrogen and oxygen atoms in total. The number of carbonyl (C=O) groups is 1. The molecule has 88 valence electrons. The minimum Gasteiger partial charge on any atom is -0.396 e. The summed E-state index contributed by atoms with van der Waals surface area (Å²) in [6.45, 7) is 0. The number of nitrogens with one attached hydrogen (secondary N) is 1. The van der Waals surface area contributed by atoms with E-state index in [4.69, 9.17) is 5.73 Å². The van der Waals surface area contributed by atoms with Gasteiger partial charge in [0, 0.05) is 12.7 Å². The highest BCUT2D eigenvalue weighted by molar-refractivity contribution is 6.03. The average molecular weight is 234 g/mol. The molecule has 0 saturated heterocycles. The second-order valence-electron chi connectivity index (χ2n) is 3.58. The van der Waals surface area contributed by atoms with Crippen LogP contribution in [0.3, 0.4) is 0 Å². The Balaban J connectivity index is 2.19. The monoisotopic (exact) mass is 234 g/mol. The van der Waals surface area contributed by atoms with Gasteiger partial charge in [0.25, 0.3) is 5.91 Å². The standard InChI is InChI=1S/C11H11FN4O/c1-16-6-14-5-10(16)11(17)15-7-2-3-8(12)9(13)4-7/h2-6H,13H2,1H3,(H,15,17). The van der Waals surface area contributed by atoms with E-state index < -0.39 is 5.82 Å². The van der Waals surface area contributed by atoms with Crippen LogP contribution in [0.25, 0.3) is 0 Å². The van der Waals surface area contributed by atoms with Crippen molar-refractivity contribution in [3.8, 4) is 0 Å². The maximum absolute atomic E-state index is 12.9. The van der Waals surface area contributed by atoms with Crippen molar-refractivity contribution < 1.29 is 9.18 Å². The highest BCUT2D eigenvalue weighted by Crippen LogP contribution is 2.16. The van der Waals surface area contributed by atoms with Crippen LogP contribution in [-0.2, 0) is 7.05 Å². The van der Waals surface area contributed by atoms with Gasteiger partial charge in [-0.2, -0.15) is 0 Å². The Morgan fingerprint density at radius 2 is 2.29 bits per heavy atom. The Bertz CT molecular complexity index is 564. The maximum atomic E-state index is 12.9. The van der Waals surface area contributed by atoms with Crippen molar-refractivity contribution in [2.75, 3.05) is 11.1 Å². The van der Waals surface area contributed by atoms with Crippen LogP contribution in [0.5, 0.6) is 0 Å². The van der Waals surface area contributed by atoms with E-state index >= 15 is 0 Å². The quantitative estimate of drug-likeness (QED) is 0.771. The Labute approximate surface area is 97.1 Å². The van der Waals surface area contributed by atoms with Crippen LogP contribution in [0.1, 0.15) is 10.5 Å². The summed E-state index contributed by atoms with van der Waals surface area (Å²) in [5.74, 6) is -0.834. The molecule has 0 aliphatic heterocycles. The second-order valence-corrected chi connectivity index (χ2v) is 3.58. The molecule has 0 aliphatic carbocycles. The van der Waals surface area contributed by atoms with Gasteiger partial charge >= 0.3 is 0 Å². The molecule has 1 heterocycles. The van der Waals surface area contributed by atoms with Gasteiger partial charge in [-0.1, -0.05) is 0 Å². The molecular formula is C11H11FN4O. The summed E-state index contributed by atoms with van der Waals surface area (Å²) in [5, 5.41) is 2.61. The molecule has 0 spiro atoms. The van der Waals surface area contributed by atoms with Gasteiger partial charge in [-0.05, 0) is 18.2 Å². The predicted molar refractivity (Wildman–Crippen MR) is 62.0 cm³/mol. The third-order valence-corrected chi connectivity index (χ3v) is 2.30. The fourth-order valence-electron chi connectivity index (χ4n) is 1.39. The van der Waals surface area contributed by atoms with Crippen LogP contribution in [-0.4, -0.2) is 15.5 Å². The number of anilines is 2.